The lowest BCUT2D eigenvalue weighted by atomic mass is 10.0. The van der Waals surface area contributed by atoms with E-state index < -0.39 is 0 Å². The molecule has 0 spiro atoms. The van der Waals surface area contributed by atoms with Crippen LogP contribution in [0.1, 0.15) is 48.1 Å². The lowest BCUT2D eigenvalue weighted by Crippen LogP contribution is -2.22. The van der Waals surface area contributed by atoms with Crippen LogP contribution < -0.4 is 9.47 Å². The lowest BCUT2D eigenvalue weighted by Gasteiger charge is -2.21. The van der Waals surface area contributed by atoms with Crippen LogP contribution in [-0.4, -0.2) is 38.2 Å². The van der Waals surface area contributed by atoms with Gasteiger partial charge in [0, 0.05) is 24.7 Å². The zero-order chi connectivity index (χ0) is 21.7. The van der Waals surface area contributed by atoms with E-state index in [1.807, 2.05) is 31.0 Å². The second-order valence-corrected chi connectivity index (χ2v) is 8.08. The third-order valence-corrected chi connectivity index (χ3v) is 5.79. The predicted octanol–water partition coefficient (Wildman–Crippen LogP) is 5.11. The molecule has 5 nitrogen and oxygen atoms in total. The maximum absolute atomic E-state index is 11.4. The molecule has 3 rings (SSSR count). The molecule has 0 amide bonds. The highest BCUT2D eigenvalue weighted by Gasteiger charge is 2.26. The summed E-state index contributed by atoms with van der Waals surface area (Å²) in [6.07, 6.45) is 2.30. The van der Waals surface area contributed by atoms with E-state index in [2.05, 4.69) is 25.1 Å². The standard InChI is InChI=1S/C24H30ClNO4/c1-5-29-22-14-23(30-21-10-9-18-16(2)7-6-8-19(18)21)20(25)13-17(22)15-26(3)12-11-24(27)28-4/h6-8,13-14,21H,5,9-12,15H2,1-4H3/t21-/m0/s1. The number of carbonyl (C=O) groups is 1. The van der Waals surface area contributed by atoms with Gasteiger partial charge in [0.1, 0.15) is 17.6 Å². The molecule has 0 unspecified atom stereocenters. The Hall–Kier alpha value is -2.24. The highest BCUT2D eigenvalue weighted by molar-refractivity contribution is 6.32. The largest absolute Gasteiger partial charge is 0.493 e. The van der Waals surface area contributed by atoms with Crippen LogP contribution in [0.5, 0.6) is 11.5 Å². The zero-order valence-corrected chi connectivity index (χ0v) is 18.9. The fourth-order valence-electron chi connectivity index (χ4n) is 3.91. The van der Waals surface area contributed by atoms with E-state index in [9.17, 15) is 4.79 Å². The summed E-state index contributed by atoms with van der Waals surface area (Å²) in [6.45, 7) is 5.85. The van der Waals surface area contributed by atoms with Crippen LogP contribution in [0.2, 0.25) is 5.02 Å². The van der Waals surface area contributed by atoms with E-state index in [1.165, 1.54) is 23.8 Å². The Balaban J connectivity index is 1.77. The normalized spacial score (nSPS) is 15.2. The van der Waals surface area contributed by atoms with Gasteiger partial charge in [0.2, 0.25) is 0 Å². The van der Waals surface area contributed by atoms with Gasteiger partial charge >= 0.3 is 5.97 Å². The minimum absolute atomic E-state index is 0.000423. The van der Waals surface area contributed by atoms with Crippen molar-refractivity contribution in [1.29, 1.82) is 0 Å². The van der Waals surface area contributed by atoms with Gasteiger partial charge < -0.3 is 19.1 Å². The molecule has 1 atom stereocenters. The number of hydrogen-bond acceptors (Lipinski definition) is 5. The van der Waals surface area contributed by atoms with Gasteiger partial charge in [0.15, 0.2) is 0 Å². The van der Waals surface area contributed by atoms with E-state index >= 15 is 0 Å². The van der Waals surface area contributed by atoms with Crippen molar-refractivity contribution in [2.45, 2.75) is 45.8 Å². The Kier molecular flexibility index (Phi) is 7.62. The molecule has 0 fully saturated rings. The SMILES string of the molecule is CCOc1cc(O[C@H]2CCc3c(C)cccc32)c(Cl)cc1CN(C)CCC(=O)OC. The lowest BCUT2D eigenvalue weighted by molar-refractivity contribution is -0.140. The number of fused-ring (bicyclic) bond motifs is 1. The van der Waals surface area contributed by atoms with Crippen LogP contribution in [0.15, 0.2) is 30.3 Å². The number of aryl methyl sites for hydroxylation is 1. The molecule has 6 heteroatoms. The van der Waals surface area contributed by atoms with Gasteiger partial charge in [-0.3, -0.25) is 4.79 Å². The number of carbonyl (C=O) groups excluding carboxylic acids is 1. The maximum atomic E-state index is 11.4. The van der Waals surface area contributed by atoms with E-state index in [4.69, 9.17) is 25.8 Å². The van der Waals surface area contributed by atoms with Crippen molar-refractivity contribution in [1.82, 2.24) is 4.90 Å². The molecule has 0 saturated carbocycles. The Morgan fingerprint density at radius 1 is 1.27 bits per heavy atom. The molecule has 2 aromatic rings. The number of rotatable bonds is 9. The first-order chi connectivity index (χ1) is 14.4. The van der Waals surface area contributed by atoms with Crippen molar-refractivity contribution >= 4 is 17.6 Å². The number of esters is 1. The fourth-order valence-corrected chi connectivity index (χ4v) is 4.14. The topological polar surface area (TPSA) is 48.0 Å². The highest BCUT2D eigenvalue weighted by Crippen LogP contribution is 2.40. The Morgan fingerprint density at radius 3 is 2.80 bits per heavy atom. The summed E-state index contributed by atoms with van der Waals surface area (Å²) in [7, 11) is 3.35. The van der Waals surface area contributed by atoms with E-state index in [0.29, 0.717) is 36.9 Å². The minimum Gasteiger partial charge on any atom is -0.493 e. The molecule has 1 aliphatic carbocycles. The van der Waals surface area contributed by atoms with Crippen molar-refractivity contribution in [2.24, 2.45) is 0 Å². The molecule has 0 aliphatic heterocycles. The van der Waals surface area contributed by atoms with Crippen LogP contribution in [0.4, 0.5) is 0 Å². The first-order valence-electron chi connectivity index (χ1n) is 10.4. The van der Waals surface area contributed by atoms with Crippen LogP contribution in [0.25, 0.3) is 0 Å². The average molecular weight is 432 g/mol. The number of halogens is 1. The number of ether oxygens (including phenoxy) is 3. The molecule has 162 valence electrons. The molecule has 0 saturated heterocycles. The molecule has 0 aromatic heterocycles. The summed E-state index contributed by atoms with van der Waals surface area (Å²) in [6, 6.07) is 10.2. The maximum Gasteiger partial charge on any atom is 0.306 e. The number of benzene rings is 2. The predicted molar refractivity (Wildman–Crippen MR) is 118 cm³/mol. The number of nitrogens with zero attached hydrogens (tertiary/aromatic N) is 1. The molecular formula is C24H30ClNO4. The summed E-state index contributed by atoms with van der Waals surface area (Å²) < 4.78 is 16.9. The molecule has 0 radical (unpaired) electrons. The van der Waals surface area contributed by atoms with Crippen molar-refractivity contribution in [3.8, 4) is 11.5 Å². The van der Waals surface area contributed by atoms with Crippen molar-refractivity contribution in [3.63, 3.8) is 0 Å². The zero-order valence-electron chi connectivity index (χ0n) is 18.2. The number of hydrogen-bond donors (Lipinski definition) is 0. The van der Waals surface area contributed by atoms with Crippen LogP contribution in [-0.2, 0) is 22.5 Å². The average Bonchev–Trinajstić information content (AvgIpc) is 3.14. The molecule has 30 heavy (non-hydrogen) atoms. The Morgan fingerprint density at radius 2 is 2.07 bits per heavy atom. The quantitative estimate of drug-likeness (QED) is 0.516. The van der Waals surface area contributed by atoms with E-state index in [0.717, 1.165) is 24.2 Å². The smallest absolute Gasteiger partial charge is 0.306 e. The van der Waals surface area contributed by atoms with Gasteiger partial charge in [0.05, 0.1) is 25.2 Å². The third kappa shape index (κ3) is 5.27. The number of methoxy groups -OCH3 is 1. The molecule has 2 aromatic carbocycles. The van der Waals surface area contributed by atoms with Gasteiger partial charge in [-0.1, -0.05) is 29.8 Å². The van der Waals surface area contributed by atoms with Crippen molar-refractivity contribution < 1.29 is 19.0 Å². The highest BCUT2D eigenvalue weighted by atomic mass is 35.5. The second-order valence-electron chi connectivity index (χ2n) is 7.68. The summed E-state index contributed by atoms with van der Waals surface area (Å²) in [4.78, 5) is 13.4. The molecule has 0 heterocycles. The summed E-state index contributed by atoms with van der Waals surface area (Å²) in [5, 5.41) is 0.566. The van der Waals surface area contributed by atoms with Crippen LogP contribution >= 0.6 is 11.6 Å². The summed E-state index contributed by atoms with van der Waals surface area (Å²) in [5.74, 6) is 1.17. The first-order valence-corrected chi connectivity index (χ1v) is 10.8. The summed E-state index contributed by atoms with van der Waals surface area (Å²) >= 11 is 6.60. The monoisotopic (exact) mass is 431 g/mol. The molecular weight excluding hydrogens is 402 g/mol. The van der Waals surface area contributed by atoms with E-state index in [1.54, 1.807) is 0 Å². The Bertz CT molecular complexity index is 899. The third-order valence-electron chi connectivity index (χ3n) is 5.50. The Labute approximate surface area is 183 Å². The van der Waals surface area contributed by atoms with E-state index in [-0.39, 0.29) is 12.1 Å². The molecule has 1 aliphatic rings. The molecule has 0 bridgehead atoms. The van der Waals surface area contributed by atoms with Crippen molar-refractivity contribution in [3.05, 3.63) is 57.6 Å². The first kappa shape index (κ1) is 22.4. The van der Waals surface area contributed by atoms with Gasteiger partial charge in [-0.05, 0) is 56.5 Å². The van der Waals surface area contributed by atoms with Crippen LogP contribution in [0.3, 0.4) is 0 Å². The summed E-state index contributed by atoms with van der Waals surface area (Å²) in [5.41, 5.74) is 4.90. The second kappa shape index (κ2) is 10.2. The minimum atomic E-state index is -0.222. The van der Waals surface area contributed by atoms with Gasteiger partial charge in [-0.15, -0.1) is 0 Å². The fraction of sp³-hybridized carbons (Fsp3) is 0.458. The van der Waals surface area contributed by atoms with Gasteiger partial charge in [0.25, 0.3) is 0 Å². The van der Waals surface area contributed by atoms with Crippen LogP contribution in [0, 0.1) is 6.92 Å². The van der Waals surface area contributed by atoms with Gasteiger partial charge in [-0.25, -0.2) is 0 Å². The van der Waals surface area contributed by atoms with Gasteiger partial charge in [-0.2, -0.15) is 0 Å². The van der Waals surface area contributed by atoms with Crippen molar-refractivity contribution in [2.75, 3.05) is 27.3 Å². The molecule has 0 N–H and O–H groups in total.